The summed E-state index contributed by atoms with van der Waals surface area (Å²) in [6.07, 6.45) is -0.542. The minimum absolute atomic E-state index is 0.136. The lowest BCUT2D eigenvalue weighted by molar-refractivity contribution is 0.182. The Balaban J connectivity index is 3.02. The van der Waals surface area contributed by atoms with Gasteiger partial charge in [-0.15, -0.1) is 0 Å². The fourth-order valence-electron chi connectivity index (χ4n) is 1.18. The lowest BCUT2D eigenvalue weighted by Crippen LogP contribution is -1.99. The third-order valence-corrected chi connectivity index (χ3v) is 2.81. The van der Waals surface area contributed by atoms with Crippen molar-refractivity contribution in [2.24, 2.45) is 0 Å². The van der Waals surface area contributed by atoms with E-state index in [2.05, 4.69) is 15.9 Å². The highest BCUT2D eigenvalue weighted by molar-refractivity contribution is 9.10. The van der Waals surface area contributed by atoms with E-state index in [9.17, 15) is 5.11 Å². The molecule has 3 heteroatoms. The van der Waals surface area contributed by atoms with Crippen molar-refractivity contribution >= 4 is 15.9 Å². The monoisotopic (exact) mass is 239 g/mol. The Kier molecular flexibility index (Phi) is 3.47. The van der Waals surface area contributed by atoms with Crippen LogP contribution in [0.25, 0.3) is 0 Å². The van der Waals surface area contributed by atoms with Gasteiger partial charge in [-0.25, -0.2) is 0 Å². The van der Waals surface area contributed by atoms with E-state index >= 15 is 0 Å². The summed E-state index contributed by atoms with van der Waals surface area (Å²) in [7, 11) is 0. The average Bonchev–Trinajstić information content (AvgIpc) is 2.10. The number of nitriles is 1. The maximum absolute atomic E-state index is 9.58. The molecule has 1 atom stereocenters. The van der Waals surface area contributed by atoms with Crippen molar-refractivity contribution in [3.05, 3.63) is 33.8 Å². The van der Waals surface area contributed by atoms with Gasteiger partial charge in [0.1, 0.15) is 0 Å². The number of rotatable bonds is 2. The van der Waals surface area contributed by atoms with Crippen LogP contribution in [0.1, 0.15) is 23.7 Å². The van der Waals surface area contributed by atoms with Gasteiger partial charge < -0.3 is 5.11 Å². The van der Waals surface area contributed by atoms with Gasteiger partial charge in [-0.3, -0.25) is 0 Å². The minimum Gasteiger partial charge on any atom is -0.387 e. The Morgan fingerprint density at radius 3 is 2.92 bits per heavy atom. The zero-order valence-electron chi connectivity index (χ0n) is 7.29. The van der Waals surface area contributed by atoms with E-state index in [1.807, 2.05) is 31.2 Å². The second-order valence-electron chi connectivity index (χ2n) is 2.83. The normalized spacial score (nSPS) is 12.2. The number of aliphatic hydroxyl groups excluding tert-OH is 1. The Bertz CT molecular complexity index is 343. The summed E-state index contributed by atoms with van der Waals surface area (Å²) in [5.74, 6) is 0. The number of benzene rings is 1. The molecule has 0 aromatic heterocycles. The summed E-state index contributed by atoms with van der Waals surface area (Å²) in [6, 6.07) is 7.55. The van der Waals surface area contributed by atoms with E-state index in [1.165, 1.54) is 0 Å². The van der Waals surface area contributed by atoms with Crippen LogP contribution in [0, 0.1) is 18.3 Å². The molecule has 0 aliphatic rings. The molecule has 0 amide bonds. The molecule has 0 aliphatic carbocycles. The number of aliphatic hydroxyl groups is 1. The number of hydrogen-bond acceptors (Lipinski definition) is 2. The van der Waals surface area contributed by atoms with Crippen molar-refractivity contribution in [2.45, 2.75) is 19.4 Å². The van der Waals surface area contributed by atoms with Gasteiger partial charge in [-0.05, 0) is 24.1 Å². The molecule has 0 fully saturated rings. The van der Waals surface area contributed by atoms with Crippen LogP contribution in [-0.2, 0) is 0 Å². The van der Waals surface area contributed by atoms with Crippen LogP contribution in [0.3, 0.4) is 0 Å². The van der Waals surface area contributed by atoms with Crippen LogP contribution < -0.4 is 0 Å². The first-order valence-corrected chi connectivity index (χ1v) is 4.76. The molecule has 13 heavy (non-hydrogen) atoms. The Labute approximate surface area is 85.9 Å². The molecule has 68 valence electrons. The second-order valence-corrected chi connectivity index (χ2v) is 3.69. The Hall–Kier alpha value is -0.850. The maximum atomic E-state index is 9.58. The predicted molar refractivity (Wildman–Crippen MR) is 54.1 cm³/mol. The molecule has 0 radical (unpaired) electrons. The fourth-order valence-corrected chi connectivity index (χ4v) is 1.56. The number of hydrogen-bond donors (Lipinski definition) is 1. The highest BCUT2D eigenvalue weighted by Gasteiger charge is 2.10. The SMILES string of the molecule is Cc1c(Br)cccc1C(O)CC#N. The summed E-state index contributed by atoms with van der Waals surface area (Å²) >= 11 is 3.37. The second kappa shape index (κ2) is 4.40. The Morgan fingerprint density at radius 2 is 2.31 bits per heavy atom. The van der Waals surface area contributed by atoms with Crippen molar-refractivity contribution < 1.29 is 5.11 Å². The molecular formula is C10H10BrNO. The molecule has 1 unspecified atom stereocenters. The molecule has 0 spiro atoms. The van der Waals surface area contributed by atoms with Gasteiger partial charge in [0.2, 0.25) is 0 Å². The fraction of sp³-hybridized carbons (Fsp3) is 0.300. The third-order valence-electron chi connectivity index (χ3n) is 1.95. The molecule has 0 aliphatic heterocycles. The molecule has 1 rings (SSSR count). The quantitative estimate of drug-likeness (QED) is 0.863. The third kappa shape index (κ3) is 2.30. The van der Waals surface area contributed by atoms with Crippen molar-refractivity contribution in [3.63, 3.8) is 0 Å². The highest BCUT2D eigenvalue weighted by atomic mass is 79.9. The van der Waals surface area contributed by atoms with Crippen molar-refractivity contribution in [3.8, 4) is 6.07 Å². The van der Waals surface area contributed by atoms with E-state index in [0.717, 1.165) is 15.6 Å². The zero-order valence-corrected chi connectivity index (χ0v) is 8.87. The van der Waals surface area contributed by atoms with Crippen LogP contribution in [0.4, 0.5) is 0 Å². The molecule has 1 N–H and O–H groups in total. The van der Waals surface area contributed by atoms with Crippen LogP contribution in [0.2, 0.25) is 0 Å². The lowest BCUT2D eigenvalue weighted by Gasteiger charge is -2.11. The molecule has 0 saturated heterocycles. The molecule has 0 heterocycles. The van der Waals surface area contributed by atoms with Crippen LogP contribution >= 0.6 is 15.9 Å². The van der Waals surface area contributed by atoms with E-state index in [4.69, 9.17) is 5.26 Å². The Morgan fingerprint density at radius 1 is 1.62 bits per heavy atom. The van der Waals surface area contributed by atoms with E-state index in [0.29, 0.717) is 0 Å². The highest BCUT2D eigenvalue weighted by Crippen LogP contribution is 2.25. The molecule has 2 nitrogen and oxygen atoms in total. The van der Waals surface area contributed by atoms with Gasteiger partial charge in [-0.2, -0.15) is 5.26 Å². The van der Waals surface area contributed by atoms with E-state index in [1.54, 1.807) is 0 Å². The number of halogens is 1. The predicted octanol–water partition coefficient (Wildman–Crippen LogP) is 2.70. The van der Waals surface area contributed by atoms with Crippen molar-refractivity contribution in [1.82, 2.24) is 0 Å². The molecule has 1 aromatic rings. The topological polar surface area (TPSA) is 44.0 Å². The van der Waals surface area contributed by atoms with Gasteiger partial charge >= 0.3 is 0 Å². The first kappa shape index (κ1) is 10.2. The summed E-state index contributed by atoms with van der Waals surface area (Å²) in [6.45, 7) is 1.92. The van der Waals surface area contributed by atoms with Crippen LogP contribution in [-0.4, -0.2) is 5.11 Å². The van der Waals surface area contributed by atoms with Crippen LogP contribution in [0.5, 0.6) is 0 Å². The first-order chi connectivity index (χ1) is 6.16. The zero-order chi connectivity index (χ0) is 9.84. The molecule has 0 saturated carbocycles. The van der Waals surface area contributed by atoms with Gasteiger partial charge in [0.15, 0.2) is 0 Å². The summed E-state index contributed by atoms with van der Waals surface area (Å²) in [5.41, 5.74) is 1.81. The molecule has 1 aromatic carbocycles. The first-order valence-electron chi connectivity index (χ1n) is 3.97. The smallest absolute Gasteiger partial charge is 0.0922 e. The molecule has 0 bridgehead atoms. The number of nitrogens with zero attached hydrogens (tertiary/aromatic N) is 1. The summed E-state index contributed by atoms with van der Waals surface area (Å²) in [4.78, 5) is 0. The van der Waals surface area contributed by atoms with Crippen LogP contribution in [0.15, 0.2) is 22.7 Å². The largest absolute Gasteiger partial charge is 0.387 e. The summed E-state index contributed by atoms with van der Waals surface area (Å²) in [5, 5.41) is 18.0. The lowest BCUT2D eigenvalue weighted by atomic mass is 10.0. The standard InChI is InChI=1S/C10H10BrNO/c1-7-8(10(13)5-6-12)3-2-4-9(7)11/h2-4,10,13H,5H2,1H3. The van der Waals surface area contributed by atoms with E-state index in [-0.39, 0.29) is 6.42 Å². The van der Waals surface area contributed by atoms with E-state index < -0.39 is 6.10 Å². The molecular weight excluding hydrogens is 230 g/mol. The van der Waals surface area contributed by atoms with Crippen molar-refractivity contribution in [2.75, 3.05) is 0 Å². The summed E-state index contributed by atoms with van der Waals surface area (Å²) < 4.78 is 0.960. The maximum Gasteiger partial charge on any atom is 0.0922 e. The van der Waals surface area contributed by atoms with Gasteiger partial charge in [0, 0.05) is 4.47 Å². The van der Waals surface area contributed by atoms with Gasteiger partial charge in [-0.1, -0.05) is 28.1 Å². The van der Waals surface area contributed by atoms with Crippen molar-refractivity contribution in [1.29, 1.82) is 5.26 Å². The average molecular weight is 240 g/mol. The van der Waals surface area contributed by atoms with Gasteiger partial charge in [0.25, 0.3) is 0 Å². The minimum atomic E-state index is -0.678. The van der Waals surface area contributed by atoms with Gasteiger partial charge in [0.05, 0.1) is 18.6 Å².